The van der Waals surface area contributed by atoms with Crippen molar-refractivity contribution < 1.29 is 14.7 Å². The molecule has 0 saturated heterocycles. The van der Waals surface area contributed by atoms with Crippen LogP contribution in [-0.2, 0) is 16.0 Å². The number of aromatic nitrogens is 2. The number of carboxylic acid groups (broad SMARTS) is 1. The monoisotopic (exact) mass is 351 g/mol. The van der Waals surface area contributed by atoms with Gasteiger partial charge in [-0.05, 0) is 24.3 Å². The van der Waals surface area contributed by atoms with Crippen LogP contribution in [0.2, 0.25) is 5.02 Å². The number of hydrogen-bond donors (Lipinski definition) is 2. The Kier molecular flexibility index (Phi) is 4.58. The van der Waals surface area contributed by atoms with E-state index in [9.17, 15) is 14.7 Å². The maximum Gasteiger partial charge on any atom is 0.332 e. The van der Waals surface area contributed by atoms with Crippen molar-refractivity contribution in [3.63, 3.8) is 0 Å². The molecule has 2 aromatic rings. The summed E-state index contributed by atoms with van der Waals surface area (Å²) in [5.74, 6) is -1.11. The third-order valence-corrected chi connectivity index (χ3v) is 4.90. The molecule has 1 amide bonds. The fourth-order valence-electron chi connectivity index (χ4n) is 2.55. The second-order valence-corrected chi connectivity index (χ2v) is 6.57. The van der Waals surface area contributed by atoms with Crippen LogP contribution >= 0.6 is 23.4 Å². The summed E-state index contributed by atoms with van der Waals surface area (Å²) in [6.07, 6.45) is 2.05. The number of nitrogens with zero attached hydrogens (tertiary/aromatic N) is 2. The Morgan fingerprint density at radius 3 is 2.83 bits per heavy atom. The molecule has 120 valence electrons. The largest absolute Gasteiger partial charge is 0.479 e. The minimum atomic E-state index is -1.07. The van der Waals surface area contributed by atoms with Gasteiger partial charge in [0.25, 0.3) is 0 Å². The van der Waals surface area contributed by atoms with E-state index in [1.165, 1.54) is 23.0 Å². The van der Waals surface area contributed by atoms with Crippen molar-refractivity contribution in [3.05, 3.63) is 47.0 Å². The number of hydrogen-bond acceptors (Lipinski definition) is 4. The lowest BCUT2D eigenvalue weighted by atomic mass is 10.0. The number of aromatic amines is 1. The van der Waals surface area contributed by atoms with Crippen molar-refractivity contribution in [2.45, 2.75) is 17.4 Å². The molecular formula is C15H14ClN3O3S. The van der Waals surface area contributed by atoms with Gasteiger partial charge in [0.15, 0.2) is 6.04 Å². The van der Waals surface area contributed by atoms with Crippen LogP contribution < -0.4 is 0 Å². The molecule has 1 atom stereocenters. The number of nitrogens with one attached hydrogen (secondary N) is 1. The summed E-state index contributed by atoms with van der Waals surface area (Å²) < 4.78 is 0. The van der Waals surface area contributed by atoms with Crippen LogP contribution in [-0.4, -0.2) is 44.1 Å². The number of carbonyl (C=O) groups is 2. The fourth-order valence-corrected chi connectivity index (χ4v) is 3.46. The Bertz CT molecular complexity index is 732. The molecule has 0 fully saturated rings. The molecule has 0 spiro atoms. The van der Waals surface area contributed by atoms with Crippen LogP contribution in [0.3, 0.4) is 0 Å². The molecule has 2 heterocycles. The first-order valence-corrected chi connectivity index (χ1v) is 8.35. The average Bonchev–Trinajstić information content (AvgIpc) is 3.01. The van der Waals surface area contributed by atoms with Crippen LogP contribution in [0.25, 0.3) is 0 Å². The zero-order chi connectivity index (χ0) is 16.4. The van der Waals surface area contributed by atoms with Crippen LogP contribution in [0.1, 0.15) is 17.4 Å². The van der Waals surface area contributed by atoms with Crippen molar-refractivity contribution in [3.8, 4) is 0 Å². The normalized spacial score (nSPS) is 16.9. The van der Waals surface area contributed by atoms with Crippen molar-refractivity contribution >= 4 is 35.2 Å². The number of rotatable bonds is 4. The molecule has 2 N–H and O–H groups in total. The molecule has 1 aromatic heterocycles. The van der Waals surface area contributed by atoms with Crippen LogP contribution in [0, 0.1) is 0 Å². The first-order valence-electron chi connectivity index (χ1n) is 6.99. The Hall–Kier alpha value is -1.99. The second kappa shape index (κ2) is 6.64. The highest BCUT2D eigenvalue weighted by Gasteiger charge is 2.37. The number of fused-ring (bicyclic) bond motifs is 1. The summed E-state index contributed by atoms with van der Waals surface area (Å²) >= 11 is 7.18. The van der Waals surface area contributed by atoms with E-state index in [2.05, 4.69) is 9.97 Å². The number of benzene rings is 1. The predicted molar refractivity (Wildman–Crippen MR) is 86.6 cm³/mol. The van der Waals surface area contributed by atoms with E-state index >= 15 is 0 Å². The van der Waals surface area contributed by atoms with E-state index in [0.717, 1.165) is 10.6 Å². The summed E-state index contributed by atoms with van der Waals surface area (Å²) in [5, 5.41) is 10.1. The van der Waals surface area contributed by atoms with E-state index in [-0.39, 0.29) is 11.7 Å². The van der Waals surface area contributed by atoms with Gasteiger partial charge < -0.3 is 15.0 Å². The van der Waals surface area contributed by atoms with Crippen molar-refractivity contribution in [1.29, 1.82) is 0 Å². The van der Waals surface area contributed by atoms with E-state index < -0.39 is 12.0 Å². The van der Waals surface area contributed by atoms with Crippen LogP contribution in [0.4, 0.5) is 0 Å². The lowest BCUT2D eigenvalue weighted by molar-refractivity contribution is -0.150. The Balaban J connectivity index is 1.71. The molecule has 23 heavy (non-hydrogen) atoms. The number of carboxylic acids is 1. The smallest absolute Gasteiger partial charge is 0.332 e. The zero-order valence-electron chi connectivity index (χ0n) is 12.0. The summed E-state index contributed by atoms with van der Waals surface area (Å²) in [5.41, 5.74) is 1.21. The number of carbonyl (C=O) groups excluding carboxylic acids is 1. The number of thioether (sulfide) groups is 1. The quantitative estimate of drug-likeness (QED) is 0.826. The zero-order valence-corrected chi connectivity index (χ0v) is 13.6. The summed E-state index contributed by atoms with van der Waals surface area (Å²) in [7, 11) is 0. The third-order valence-electron chi connectivity index (χ3n) is 3.66. The molecule has 0 saturated carbocycles. The topological polar surface area (TPSA) is 86.3 Å². The number of aliphatic carboxylic acids is 1. The molecule has 8 heteroatoms. The summed E-state index contributed by atoms with van der Waals surface area (Å²) in [6, 6.07) is 6.15. The maximum atomic E-state index is 12.5. The van der Waals surface area contributed by atoms with Crippen molar-refractivity contribution in [2.24, 2.45) is 0 Å². The number of amides is 1. The maximum absolute atomic E-state index is 12.5. The lowest BCUT2D eigenvalue weighted by Gasteiger charge is -2.32. The van der Waals surface area contributed by atoms with Gasteiger partial charge in [-0.15, -0.1) is 11.8 Å². The van der Waals surface area contributed by atoms with Gasteiger partial charge in [-0.3, -0.25) is 4.79 Å². The Labute approximate surface area is 141 Å². The number of H-pyrrole nitrogens is 1. The van der Waals surface area contributed by atoms with Crippen LogP contribution in [0.5, 0.6) is 0 Å². The van der Waals surface area contributed by atoms with Gasteiger partial charge in [-0.2, -0.15) is 0 Å². The molecule has 0 bridgehead atoms. The van der Waals surface area contributed by atoms with E-state index in [1.54, 1.807) is 12.1 Å². The van der Waals surface area contributed by atoms with E-state index in [1.807, 2.05) is 12.1 Å². The Morgan fingerprint density at radius 1 is 1.39 bits per heavy atom. The van der Waals surface area contributed by atoms with Crippen molar-refractivity contribution in [1.82, 2.24) is 14.9 Å². The van der Waals surface area contributed by atoms with Crippen LogP contribution in [0.15, 0.2) is 35.5 Å². The average molecular weight is 352 g/mol. The van der Waals surface area contributed by atoms with Gasteiger partial charge in [-0.25, -0.2) is 9.78 Å². The first kappa shape index (κ1) is 15.9. The Morgan fingerprint density at radius 2 is 2.13 bits per heavy atom. The molecule has 1 aliphatic heterocycles. The second-order valence-electron chi connectivity index (χ2n) is 5.09. The molecule has 1 aliphatic rings. The standard InChI is InChI=1S/C15H14ClN3O3S/c16-9-1-3-10(4-2-9)23-7-12(20)19-6-5-11-13(18-8-17-11)14(19)15(21)22/h1-4,8,14H,5-7H2,(H,17,18)(H,21,22). The van der Waals surface area contributed by atoms with Crippen molar-refractivity contribution in [2.75, 3.05) is 12.3 Å². The number of imidazole rings is 1. The SMILES string of the molecule is O=C(O)C1c2nc[nH]c2CCN1C(=O)CSc1ccc(Cl)cc1. The molecule has 3 rings (SSSR count). The van der Waals surface area contributed by atoms with E-state index in [0.29, 0.717) is 23.7 Å². The minimum Gasteiger partial charge on any atom is -0.479 e. The molecule has 0 radical (unpaired) electrons. The van der Waals surface area contributed by atoms with Gasteiger partial charge in [0.05, 0.1) is 17.8 Å². The van der Waals surface area contributed by atoms with Gasteiger partial charge in [0.1, 0.15) is 0 Å². The summed E-state index contributed by atoms with van der Waals surface area (Å²) in [6.45, 7) is 0.367. The molecule has 1 aromatic carbocycles. The molecule has 0 aliphatic carbocycles. The predicted octanol–water partition coefficient (Wildman–Crippen LogP) is 2.37. The lowest BCUT2D eigenvalue weighted by Crippen LogP contribution is -2.44. The highest BCUT2D eigenvalue weighted by molar-refractivity contribution is 8.00. The van der Waals surface area contributed by atoms with Gasteiger partial charge in [0.2, 0.25) is 5.91 Å². The molecule has 6 nitrogen and oxygen atoms in total. The van der Waals surface area contributed by atoms with E-state index in [4.69, 9.17) is 11.6 Å². The minimum absolute atomic E-state index is 0.172. The van der Waals surface area contributed by atoms with Gasteiger partial charge in [-0.1, -0.05) is 11.6 Å². The van der Waals surface area contributed by atoms with Gasteiger partial charge in [0, 0.05) is 28.6 Å². The van der Waals surface area contributed by atoms with Gasteiger partial charge >= 0.3 is 5.97 Å². The highest BCUT2D eigenvalue weighted by atomic mass is 35.5. The first-order chi connectivity index (χ1) is 11.1. The number of halogens is 1. The molecular weight excluding hydrogens is 338 g/mol. The molecule has 1 unspecified atom stereocenters. The fraction of sp³-hybridized carbons (Fsp3) is 0.267. The highest BCUT2D eigenvalue weighted by Crippen LogP contribution is 2.29. The third kappa shape index (κ3) is 3.35. The summed E-state index contributed by atoms with van der Waals surface area (Å²) in [4.78, 5) is 33.3.